The zero-order valence-electron chi connectivity index (χ0n) is 12.9. The highest BCUT2D eigenvalue weighted by Crippen LogP contribution is 2.28. The van der Waals surface area contributed by atoms with E-state index < -0.39 is 12.0 Å². The number of alkyl halides is 3. The molecule has 0 amide bonds. The number of anilines is 1. The highest BCUT2D eigenvalue weighted by atomic mass is 19.4. The number of ether oxygens (including phenoxy) is 1. The molecule has 1 saturated heterocycles. The lowest BCUT2D eigenvalue weighted by Gasteiger charge is -2.32. The van der Waals surface area contributed by atoms with Crippen LogP contribution in [0.1, 0.15) is 18.7 Å². The first-order valence-electron chi connectivity index (χ1n) is 7.72. The standard InChI is InChI=1S/C14H18F3N5O2/c15-14(16,17)13-19-18-11-1-2-12(20-22(11)13)21-5-3-10(4-6-21)9-24-8-7-23/h1-2,10,23H,3-9H2. The minimum Gasteiger partial charge on any atom is -0.394 e. The number of fused-ring (bicyclic) bond motifs is 1. The third-order valence-corrected chi connectivity index (χ3v) is 4.03. The number of piperidine rings is 1. The van der Waals surface area contributed by atoms with Crippen LogP contribution in [0.15, 0.2) is 12.1 Å². The van der Waals surface area contributed by atoms with Gasteiger partial charge in [-0.1, -0.05) is 0 Å². The number of hydrogen-bond donors (Lipinski definition) is 1. The number of rotatable bonds is 5. The van der Waals surface area contributed by atoms with E-state index in [-0.39, 0.29) is 12.3 Å². The lowest BCUT2D eigenvalue weighted by Crippen LogP contribution is -2.36. The van der Waals surface area contributed by atoms with Gasteiger partial charge in [0.15, 0.2) is 5.65 Å². The first-order chi connectivity index (χ1) is 11.5. The third kappa shape index (κ3) is 3.59. The van der Waals surface area contributed by atoms with Crippen LogP contribution < -0.4 is 4.90 Å². The molecule has 0 aromatic carbocycles. The molecule has 0 radical (unpaired) electrons. The van der Waals surface area contributed by atoms with Crippen LogP contribution in [0, 0.1) is 5.92 Å². The second-order valence-electron chi connectivity index (χ2n) is 5.71. The summed E-state index contributed by atoms with van der Waals surface area (Å²) in [5.41, 5.74) is 0.0679. The fourth-order valence-electron chi connectivity index (χ4n) is 2.77. The van der Waals surface area contributed by atoms with Crippen LogP contribution in [-0.2, 0) is 10.9 Å². The molecule has 0 spiro atoms. The minimum absolute atomic E-state index is 0.00323. The molecule has 10 heteroatoms. The Bertz CT molecular complexity index is 683. The number of nitrogens with zero attached hydrogens (tertiary/aromatic N) is 5. The van der Waals surface area contributed by atoms with Gasteiger partial charge in [0, 0.05) is 19.7 Å². The number of halogens is 3. The van der Waals surface area contributed by atoms with Crippen LogP contribution in [0.2, 0.25) is 0 Å². The monoisotopic (exact) mass is 345 g/mol. The third-order valence-electron chi connectivity index (χ3n) is 4.03. The predicted molar refractivity (Wildman–Crippen MR) is 78.6 cm³/mol. The van der Waals surface area contributed by atoms with E-state index in [2.05, 4.69) is 15.3 Å². The maximum atomic E-state index is 12.9. The van der Waals surface area contributed by atoms with Crippen LogP contribution in [-0.4, -0.2) is 57.8 Å². The van der Waals surface area contributed by atoms with Gasteiger partial charge < -0.3 is 14.7 Å². The zero-order valence-corrected chi connectivity index (χ0v) is 12.9. The van der Waals surface area contributed by atoms with E-state index in [4.69, 9.17) is 9.84 Å². The Morgan fingerprint density at radius 2 is 1.96 bits per heavy atom. The average molecular weight is 345 g/mol. The van der Waals surface area contributed by atoms with Crippen molar-refractivity contribution in [2.24, 2.45) is 5.92 Å². The first kappa shape index (κ1) is 16.9. The van der Waals surface area contributed by atoms with Crippen molar-refractivity contribution in [2.45, 2.75) is 19.0 Å². The lowest BCUT2D eigenvalue weighted by atomic mass is 9.98. The Balaban J connectivity index is 1.70. The molecule has 2 aromatic heterocycles. The van der Waals surface area contributed by atoms with Gasteiger partial charge in [0.05, 0.1) is 13.2 Å². The van der Waals surface area contributed by atoms with Gasteiger partial charge in [-0.2, -0.15) is 17.7 Å². The van der Waals surface area contributed by atoms with E-state index in [1.165, 1.54) is 6.07 Å². The van der Waals surface area contributed by atoms with Crippen molar-refractivity contribution in [3.8, 4) is 0 Å². The zero-order chi connectivity index (χ0) is 17.2. The predicted octanol–water partition coefficient (Wildman–Crippen LogP) is 1.37. The largest absolute Gasteiger partial charge is 0.453 e. The smallest absolute Gasteiger partial charge is 0.394 e. The molecule has 0 aliphatic carbocycles. The molecule has 3 heterocycles. The van der Waals surface area contributed by atoms with Gasteiger partial charge >= 0.3 is 6.18 Å². The fourth-order valence-corrected chi connectivity index (χ4v) is 2.77. The summed E-state index contributed by atoms with van der Waals surface area (Å²) < 4.78 is 44.8. The number of aliphatic hydroxyl groups excluding tert-OH is 1. The number of hydrogen-bond acceptors (Lipinski definition) is 6. The molecule has 2 aromatic rings. The summed E-state index contributed by atoms with van der Waals surface area (Å²) in [4.78, 5) is 1.95. The molecule has 0 bridgehead atoms. The fraction of sp³-hybridized carbons (Fsp3) is 0.643. The second-order valence-corrected chi connectivity index (χ2v) is 5.71. The molecule has 1 aliphatic heterocycles. The van der Waals surface area contributed by atoms with Gasteiger partial charge in [-0.25, -0.2) is 0 Å². The van der Waals surface area contributed by atoms with Gasteiger partial charge in [-0.15, -0.1) is 15.3 Å². The molecule has 132 valence electrons. The van der Waals surface area contributed by atoms with E-state index in [0.717, 1.165) is 17.4 Å². The van der Waals surface area contributed by atoms with Crippen molar-refractivity contribution in [2.75, 3.05) is 37.8 Å². The Kier molecular flexibility index (Phi) is 4.86. The maximum Gasteiger partial charge on any atom is 0.453 e. The van der Waals surface area contributed by atoms with Gasteiger partial charge in [0.2, 0.25) is 0 Å². The average Bonchev–Trinajstić information content (AvgIpc) is 2.99. The van der Waals surface area contributed by atoms with E-state index in [1.807, 2.05) is 4.90 Å². The molecular weight excluding hydrogens is 327 g/mol. The van der Waals surface area contributed by atoms with Crippen LogP contribution in [0.3, 0.4) is 0 Å². The molecule has 24 heavy (non-hydrogen) atoms. The SMILES string of the molecule is OCCOCC1CCN(c2ccc3nnc(C(F)(F)F)n3n2)CC1. The van der Waals surface area contributed by atoms with E-state index in [0.29, 0.717) is 38.0 Å². The maximum absolute atomic E-state index is 12.9. The molecule has 0 saturated carbocycles. The van der Waals surface area contributed by atoms with Crippen molar-refractivity contribution in [3.05, 3.63) is 18.0 Å². The molecule has 7 nitrogen and oxygen atoms in total. The Morgan fingerprint density at radius 3 is 2.62 bits per heavy atom. The number of aromatic nitrogens is 4. The Hall–Kier alpha value is -1.94. The van der Waals surface area contributed by atoms with Crippen LogP contribution >= 0.6 is 0 Å². The first-order valence-corrected chi connectivity index (χ1v) is 7.72. The van der Waals surface area contributed by atoms with Gasteiger partial charge in [0.25, 0.3) is 5.82 Å². The molecule has 3 rings (SSSR count). The summed E-state index contributed by atoms with van der Waals surface area (Å²) in [5, 5.41) is 19.4. The normalized spacial score (nSPS) is 16.9. The van der Waals surface area contributed by atoms with Gasteiger partial charge in [-0.3, -0.25) is 0 Å². The Labute approximate surface area is 136 Å². The van der Waals surface area contributed by atoms with E-state index >= 15 is 0 Å². The topological polar surface area (TPSA) is 75.8 Å². The molecule has 0 atom stereocenters. The summed E-state index contributed by atoms with van der Waals surface area (Å²) in [6.45, 7) is 2.30. The van der Waals surface area contributed by atoms with Crippen LogP contribution in [0.25, 0.3) is 5.65 Å². The van der Waals surface area contributed by atoms with Crippen molar-refractivity contribution in [1.82, 2.24) is 19.8 Å². The molecule has 1 N–H and O–H groups in total. The summed E-state index contributed by atoms with van der Waals surface area (Å²) in [7, 11) is 0. The molecule has 1 aliphatic rings. The summed E-state index contributed by atoms with van der Waals surface area (Å²) in [6.07, 6.45) is -2.87. The highest BCUT2D eigenvalue weighted by molar-refractivity contribution is 5.46. The van der Waals surface area contributed by atoms with Crippen LogP contribution in [0.4, 0.5) is 19.0 Å². The van der Waals surface area contributed by atoms with E-state index in [1.54, 1.807) is 6.07 Å². The molecular formula is C14H18F3N5O2. The molecule has 1 fully saturated rings. The Morgan fingerprint density at radius 1 is 1.21 bits per heavy atom. The highest BCUT2D eigenvalue weighted by Gasteiger charge is 2.37. The number of aliphatic hydroxyl groups is 1. The second kappa shape index (κ2) is 6.89. The van der Waals surface area contributed by atoms with Crippen molar-refractivity contribution in [3.63, 3.8) is 0 Å². The summed E-state index contributed by atoms with van der Waals surface area (Å²) in [6, 6.07) is 3.15. The lowest BCUT2D eigenvalue weighted by molar-refractivity contribution is -0.146. The van der Waals surface area contributed by atoms with Gasteiger partial charge in [0.1, 0.15) is 5.82 Å². The van der Waals surface area contributed by atoms with Crippen molar-refractivity contribution < 1.29 is 23.0 Å². The summed E-state index contributed by atoms with van der Waals surface area (Å²) in [5.74, 6) is -0.258. The summed E-state index contributed by atoms with van der Waals surface area (Å²) >= 11 is 0. The van der Waals surface area contributed by atoms with Crippen molar-refractivity contribution in [1.29, 1.82) is 0 Å². The van der Waals surface area contributed by atoms with Gasteiger partial charge in [-0.05, 0) is 30.9 Å². The van der Waals surface area contributed by atoms with Crippen molar-refractivity contribution >= 4 is 11.5 Å². The van der Waals surface area contributed by atoms with Crippen LogP contribution in [0.5, 0.6) is 0 Å². The minimum atomic E-state index is -4.60. The quantitative estimate of drug-likeness (QED) is 0.825. The molecule has 0 unspecified atom stereocenters. The van der Waals surface area contributed by atoms with E-state index in [9.17, 15) is 13.2 Å².